The molecule has 1 aliphatic heterocycles. The third-order valence-electron chi connectivity index (χ3n) is 3.32. The van der Waals surface area contributed by atoms with Gasteiger partial charge in [0.25, 0.3) is 0 Å². The lowest BCUT2D eigenvalue weighted by Crippen LogP contribution is -2.65. The number of hydrogen-bond donors (Lipinski definition) is 2. The molecule has 6 nitrogen and oxygen atoms in total. The first kappa shape index (κ1) is 14.9. The van der Waals surface area contributed by atoms with Crippen LogP contribution in [0.15, 0.2) is 0 Å². The summed E-state index contributed by atoms with van der Waals surface area (Å²) in [6, 6.07) is 0. The van der Waals surface area contributed by atoms with E-state index in [0.29, 0.717) is 12.8 Å². The Balaban J connectivity index is 3.33. The third kappa shape index (κ3) is 2.10. The minimum atomic E-state index is -2.04. The second kappa shape index (κ2) is 4.85. The van der Waals surface area contributed by atoms with Gasteiger partial charge in [0.05, 0.1) is 12.2 Å². The summed E-state index contributed by atoms with van der Waals surface area (Å²) in [6.45, 7) is 6.73. The van der Waals surface area contributed by atoms with Crippen molar-refractivity contribution in [2.45, 2.75) is 58.5 Å². The van der Waals surface area contributed by atoms with Crippen molar-refractivity contribution in [3.63, 3.8) is 0 Å². The van der Waals surface area contributed by atoms with Crippen molar-refractivity contribution in [3.8, 4) is 0 Å². The number of ether oxygens (including phenoxy) is 2. The summed E-state index contributed by atoms with van der Waals surface area (Å²) in [5.41, 5.74) is -2.04. The smallest absolute Gasteiger partial charge is 0.326 e. The zero-order valence-electron chi connectivity index (χ0n) is 11.1. The highest BCUT2D eigenvalue weighted by Crippen LogP contribution is 2.43. The summed E-state index contributed by atoms with van der Waals surface area (Å²) in [7, 11) is 0. The van der Waals surface area contributed by atoms with Gasteiger partial charge in [0.2, 0.25) is 5.41 Å². The SMILES string of the molecule is CCC1OC(C)(C)OC(CC)C1(C(=O)O)C(=O)O. The van der Waals surface area contributed by atoms with Crippen molar-refractivity contribution in [2.75, 3.05) is 0 Å². The maximum absolute atomic E-state index is 11.5. The first-order valence-corrected chi connectivity index (χ1v) is 6.04. The molecular formula is C12H20O6. The van der Waals surface area contributed by atoms with E-state index in [4.69, 9.17) is 9.47 Å². The molecule has 1 heterocycles. The molecule has 0 aromatic carbocycles. The summed E-state index contributed by atoms with van der Waals surface area (Å²) in [6.07, 6.45) is -1.24. The molecular weight excluding hydrogens is 240 g/mol. The monoisotopic (exact) mass is 260 g/mol. The largest absolute Gasteiger partial charge is 0.480 e. The Morgan fingerprint density at radius 3 is 1.56 bits per heavy atom. The highest BCUT2D eigenvalue weighted by molar-refractivity contribution is 6.00. The number of hydrogen-bond acceptors (Lipinski definition) is 4. The maximum atomic E-state index is 11.5. The van der Waals surface area contributed by atoms with Gasteiger partial charge < -0.3 is 19.7 Å². The van der Waals surface area contributed by atoms with Crippen molar-refractivity contribution in [1.82, 2.24) is 0 Å². The van der Waals surface area contributed by atoms with Crippen molar-refractivity contribution < 1.29 is 29.3 Å². The van der Waals surface area contributed by atoms with Crippen molar-refractivity contribution in [1.29, 1.82) is 0 Å². The van der Waals surface area contributed by atoms with E-state index in [9.17, 15) is 19.8 Å². The van der Waals surface area contributed by atoms with E-state index in [0.717, 1.165) is 0 Å². The van der Waals surface area contributed by atoms with Gasteiger partial charge in [-0.3, -0.25) is 9.59 Å². The fourth-order valence-electron chi connectivity index (χ4n) is 2.56. The summed E-state index contributed by atoms with van der Waals surface area (Å²) in [5, 5.41) is 18.8. The Labute approximate surface area is 106 Å². The molecule has 1 aliphatic rings. The number of carboxylic acids is 2. The van der Waals surface area contributed by atoms with Crippen LogP contribution in [0.5, 0.6) is 0 Å². The van der Waals surface area contributed by atoms with Crippen LogP contribution < -0.4 is 0 Å². The Morgan fingerprint density at radius 2 is 1.33 bits per heavy atom. The van der Waals surface area contributed by atoms with E-state index in [1.54, 1.807) is 27.7 Å². The van der Waals surface area contributed by atoms with Gasteiger partial charge in [-0.15, -0.1) is 0 Å². The van der Waals surface area contributed by atoms with Gasteiger partial charge in [-0.25, -0.2) is 0 Å². The van der Waals surface area contributed by atoms with E-state index < -0.39 is 35.3 Å². The lowest BCUT2D eigenvalue weighted by molar-refractivity contribution is -0.338. The standard InChI is InChI=1S/C12H20O6/c1-5-7-12(9(13)14,10(15)16)8(6-2)18-11(3,4)17-7/h7-8H,5-6H2,1-4H3,(H,13,14)(H,15,16). The normalized spacial score (nSPS) is 29.8. The van der Waals surface area contributed by atoms with Crippen LogP contribution in [0.1, 0.15) is 40.5 Å². The molecule has 104 valence electrons. The number of carbonyl (C=O) groups is 2. The van der Waals surface area contributed by atoms with Gasteiger partial charge in [-0.2, -0.15) is 0 Å². The first-order valence-electron chi connectivity index (χ1n) is 6.04. The Kier molecular flexibility index (Phi) is 4.02. The molecule has 0 aliphatic carbocycles. The fraction of sp³-hybridized carbons (Fsp3) is 0.833. The van der Waals surface area contributed by atoms with Gasteiger partial charge in [-0.1, -0.05) is 13.8 Å². The first-order chi connectivity index (χ1) is 8.22. The highest BCUT2D eigenvalue weighted by Gasteiger charge is 2.63. The fourth-order valence-corrected chi connectivity index (χ4v) is 2.56. The molecule has 0 radical (unpaired) electrons. The summed E-state index contributed by atoms with van der Waals surface area (Å²) in [4.78, 5) is 23.1. The van der Waals surface area contributed by atoms with Crippen LogP contribution in [0.4, 0.5) is 0 Å². The second-order valence-electron chi connectivity index (χ2n) is 4.91. The van der Waals surface area contributed by atoms with Gasteiger partial charge >= 0.3 is 11.9 Å². The van der Waals surface area contributed by atoms with E-state index in [-0.39, 0.29) is 0 Å². The van der Waals surface area contributed by atoms with Crippen molar-refractivity contribution in [3.05, 3.63) is 0 Å². The molecule has 0 bridgehead atoms. The van der Waals surface area contributed by atoms with Crippen LogP contribution in [-0.4, -0.2) is 40.1 Å². The number of aliphatic carboxylic acids is 2. The van der Waals surface area contributed by atoms with E-state index in [1.165, 1.54) is 0 Å². The minimum Gasteiger partial charge on any atom is -0.480 e. The van der Waals surface area contributed by atoms with Crippen LogP contribution >= 0.6 is 0 Å². The van der Waals surface area contributed by atoms with Crippen molar-refractivity contribution in [2.24, 2.45) is 5.41 Å². The molecule has 0 aromatic heterocycles. The lowest BCUT2D eigenvalue weighted by atomic mass is 9.73. The topological polar surface area (TPSA) is 93.1 Å². The van der Waals surface area contributed by atoms with Gasteiger partial charge in [0, 0.05) is 0 Å². The molecule has 2 atom stereocenters. The third-order valence-corrected chi connectivity index (χ3v) is 3.32. The molecule has 1 fully saturated rings. The molecule has 18 heavy (non-hydrogen) atoms. The van der Waals surface area contributed by atoms with E-state index >= 15 is 0 Å². The zero-order valence-corrected chi connectivity index (χ0v) is 11.1. The predicted octanol–water partition coefficient (Wildman–Crippen LogP) is 1.48. The molecule has 1 rings (SSSR count). The molecule has 6 heteroatoms. The molecule has 0 spiro atoms. The quantitative estimate of drug-likeness (QED) is 0.744. The molecule has 1 saturated heterocycles. The Morgan fingerprint density at radius 1 is 1.00 bits per heavy atom. The van der Waals surface area contributed by atoms with Crippen LogP contribution in [-0.2, 0) is 19.1 Å². The van der Waals surface area contributed by atoms with Gasteiger partial charge in [0.15, 0.2) is 5.79 Å². The van der Waals surface area contributed by atoms with Crippen LogP contribution in [0.2, 0.25) is 0 Å². The average Bonchev–Trinajstić information content (AvgIpc) is 2.25. The molecule has 2 unspecified atom stereocenters. The summed E-state index contributed by atoms with van der Waals surface area (Å²) < 4.78 is 11.0. The Hall–Kier alpha value is -1.14. The summed E-state index contributed by atoms with van der Waals surface area (Å²) >= 11 is 0. The number of carboxylic acid groups (broad SMARTS) is 2. The van der Waals surface area contributed by atoms with Crippen molar-refractivity contribution >= 4 is 11.9 Å². The van der Waals surface area contributed by atoms with Gasteiger partial charge in [0.1, 0.15) is 0 Å². The van der Waals surface area contributed by atoms with Crippen LogP contribution in [0, 0.1) is 5.41 Å². The summed E-state index contributed by atoms with van der Waals surface area (Å²) in [5.74, 6) is -3.80. The van der Waals surface area contributed by atoms with Crippen LogP contribution in [0.3, 0.4) is 0 Å². The molecule has 0 amide bonds. The lowest BCUT2D eigenvalue weighted by Gasteiger charge is -2.49. The minimum absolute atomic E-state index is 0.294. The van der Waals surface area contributed by atoms with E-state index in [2.05, 4.69) is 0 Å². The average molecular weight is 260 g/mol. The van der Waals surface area contributed by atoms with Gasteiger partial charge in [-0.05, 0) is 26.7 Å². The predicted molar refractivity (Wildman–Crippen MR) is 62.1 cm³/mol. The number of rotatable bonds is 4. The molecule has 0 aromatic rings. The second-order valence-corrected chi connectivity index (χ2v) is 4.91. The van der Waals surface area contributed by atoms with Crippen LogP contribution in [0.25, 0.3) is 0 Å². The Bertz CT molecular complexity index is 316. The highest BCUT2D eigenvalue weighted by atomic mass is 16.7. The molecule has 0 saturated carbocycles. The zero-order chi connectivity index (χ0) is 14.1. The maximum Gasteiger partial charge on any atom is 0.326 e. The molecule has 2 N–H and O–H groups in total. The van der Waals surface area contributed by atoms with E-state index in [1.807, 2.05) is 0 Å².